The van der Waals surface area contributed by atoms with Crippen molar-refractivity contribution in [2.45, 2.75) is 6.04 Å². The van der Waals surface area contributed by atoms with Gasteiger partial charge in [0.1, 0.15) is 0 Å². The van der Waals surface area contributed by atoms with Crippen molar-refractivity contribution in [3.8, 4) is 0 Å². The second-order valence-electron chi connectivity index (χ2n) is 11.0. The molecule has 0 saturated heterocycles. The van der Waals surface area contributed by atoms with Gasteiger partial charge >= 0.3 is 0 Å². The highest BCUT2D eigenvalue weighted by atomic mass is 28.4. The van der Waals surface area contributed by atoms with Crippen LogP contribution in [0.25, 0.3) is 0 Å². The number of nitrogens with two attached hydrogens (primary N) is 2. The van der Waals surface area contributed by atoms with Gasteiger partial charge in [0.2, 0.25) is 0 Å². The first-order valence-electron chi connectivity index (χ1n) is 14.7. The van der Waals surface area contributed by atoms with Crippen LogP contribution in [0.2, 0.25) is 0 Å². The number of rotatable bonds is 10. The fraction of sp³-hybridized carbons (Fsp3) is 0.0526. The maximum absolute atomic E-state index is 7.73. The Kier molecular flexibility index (Phi) is 8.38. The summed E-state index contributed by atoms with van der Waals surface area (Å²) in [6.07, 6.45) is 0.579. The molecule has 212 valence electrons. The van der Waals surface area contributed by atoms with Crippen LogP contribution < -0.4 is 37.4 Å². The Balaban J connectivity index is 1.58. The van der Waals surface area contributed by atoms with Crippen molar-refractivity contribution >= 4 is 53.7 Å². The van der Waals surface area contributed by atoms with Crippen LogP contribution in [0.3, 0.4) is 0 Å². The third kappa shape index (κ3) is 5.83. The molecule has 0 aliphatic rings. The third-order valence-corrected chi connectivity index (χ3v) is 17.3. The maximum atomic E-state index is 7.73. The Morgan fingerprint density at radius 3 is 1.16 bits per heavy atom. The molecular formula is C38H36N2OSi2. The number of benzene rings is 6. The van der Waals surface area contributed by atoms with Crippen LogP contribution in [0.15, 0.2) is 170 Å². The molecule has 6 aromatic rings. The zero-order valence-electron chi connectivity index (χ0n) is 24.1. The van der Waals surface area contributed by atoms with Gasteiger partial charge < -0.3 is 15.9 Å². The van der Waals surface area contributed by atoms with E-state index in [2.05, 4.69) is 146 Å². The molecule has 0 heterocycles. The van der Waals surface area contributed by atoms with Crippen LogP contribution in [0.1, 0.15) is 5.56 Å². The van der Waals surface area contributed by atoms with Gasteiger partial charge in [0.05, 0.1) is 0 Å². The molecule has 0 saturated carbocycles. The summed E-state index contributed by atoms with van der Waals surface area (Å²) in [5.74, 6) is 0. The van der Waals surface area contributed by atoms with E-state index < -0.39 is 16.4 Å². The summed E-state index contributed by atoms with van der Waals surface area (Å²) in [6, 6.07) is 61.0. The Labute approximate surface area is 256 Å². The molecule has 6 aromatic carbocycles. The summed E-state index contributed by atoms with van der Waals surface area (Å²) in [7, 11) is -5.57. The minimum atomic E-state index is -2.86. The van der Waals surface area contributed by atoms with E-state index in [0.717, 1.165) is 17.4 Å². The Morgan fingerprint density at radius 1 is 0.395 bits per heavy atom. The Bertz CT molecular complexity index is 1650. The first-order chi connectivity index (χ1) is 21.1. The molecule has 0 fully saturated rings. The lowest BCUT2D eigenvalue weighted by atomic mass is 10.2. The zero-order chi connectivity index (χ0) is 29.5. The van der Waals surface area contributed by atoms with Crippen molar-refractivity contribution in [2.24, 2.45) is 0 Å². The second kappa shape index (κ2) is 12.7. The van der Waals surface area contributed by atoms with E-state index in [1.54, 1.807) is 0 Å². The van der Waals surface area contributed by atoms with E-state index in [-0.39, 0.29) is 0 Å². The van der Waals surface area contributed by atoms with E-state index in [0.29, 0.717) is 6.23 Å². The summed E-state index contributed by atoms with van der Waals surface area (Å²) in [5, 5.41) is 6.39. The van der Waals surface area contributed by atoms with Crippen LogP contribution >= 0.6 is 0 Å². The molecule has 0 atom stereocenters. The third-order valence-electron chi connectivity index (χ3n) is 8.38. The fourth-order valence-corrected chi connectivity index (χ4v) is 15.2. The van der Waals surface area contributed by atoms with Crippen LogP contribution in [-0.4, -0.2) is 22.6 Å². The highest BCUT2D eigenvalue weighted by Gasteiger charge is 2.46. The summed E-state index contributed by atoms with van der Waals surface area (Å²) in [6.45, 7) is 0. The molecular weight excluding hydrogens is 557 g/mol. The molecule has 5 heteroatoms. The lowest BCUT2D eigenvalue weighted by Crippen LogP contribution is -2.73. The summed E-state index contributed by atoms with van der Waals surface area (Å²) in [4.78, 5) is 0. The van der Waals surface area contributed by atoms with Crippen LogP contribution in [0.5, 0.6) is 0 Å². The van der Waals surface area contributed by atoms with E-state index in [1.807, 2.05) is 24.3 Å². The lowest BCUT2D eigenvalue weighted by Gasteiger charge is -2.39. The van der Waals surface area contributed by atoms with E-state index in [1.165, 1.54) is 31.5 Å². The quantitative estimate of drug-likeness (QED) is 0.141. The zero-order valence-corrected chi connectivity index (χ0v) is 26.1. The molecule has 3 nitrogen and oxygen atoms in total. The Morgan fingerprint density at radius 2 is 0.744 bits per heavy atom. The van der Waals surface area contributed by atoms with Crippen molar-refractivity contribution in [1.29, 1.82) is 0 Å². The van der Waals surface area contributed by atoms with Crippen molar-refractivity contribution in [1.82, 2.24) is 0 Å². The topological polar surface area (TPSA) is 61.3 Å². The molecule has 0 spiro atoms. The molecule has 0 unspecified atom stereocenters. The van der Waals surface area contributed by atoms with Crippen LogP contribution in [0, 0.1) is 0 Å². The summed E-state index contributed by atoms with van der Waals surface area (Å²) < 4.78 is 7.73. The minimum absolute atomic E-state index is 0.579. The van der Waals surface area contributed by atoms with Gasteiger partial charge in [-0.05, 0) is 61.8 Å². The molecule has 43 heavy (non-hydrogen) atoms. The predicted molar refractivity (Wildman–Crippen MR) is 187 cm³/mol. The van der Waals surface area contributed by atoms with Gasteiger partial charge in [-0.15, -0.1) is 0 Å². The summed E-state index contributed by atoms with van der Waals surface area (Å²) >= 11 is 0. The highest BCUT2D eigenvalue weighted by molar-refractivity contribution is 7.12. The van der Waals surface area contributed by atoms with Crippen molar-refractivity contribution < 1.29 is 4.43 Å². The average molecular weight is 593 g/mol. The standard InChI is InChI=1S/C38H36N2OSi2/c39-32-23-21-31(22-24-32)29-43(37-17-9-3-10-18-37,38-19-11-4-12-20-38)41-30-42(34-13-5-1-6-14-34,35-15-7-2-8-16-35)36-27-25-33(40)26-28-36/h1-28H,29-30,39-40H2. The molecule has 0 bridgehead atoms. The number of nitrogen functional groups attached to an aromatic ring is 2. The molecule has 0 aliphatic carbocycles. The smallest absolute Gasteiger partial charge is 0.259 e. The van der Waals surface area contributed by atoms with E-state index in [9.17, 15) is 0 Å². The molecule has 0 radical (unpaired) electrons. The van der Waals surface area contributed by atoms with Gasteiger partial charge in [0, 0.05) is 17.6 Å². The number of hydrogen-bond donors (Lipinski definition) is 2. The van der Waals surface area contributed by atoms with Gasteiger partial charge in [-0.25, -0.2) is 0 Å². The number of hydrogen-bond acceptors (Lipinski definition) is 3. The van der Waals surface area contributed by atoms with Crippen LogP contribution in [0.4, 0.5) is 11.4 Å². The van der Waals surface area contributed by atoms with Crippen molar-refractivity contribution in [3.05, 3.63) is 175 Å². The van der Waals surface area contributed by atoms with Crippen molar-refractivity contribution in [3.63, 3.8) is 0 Å². The molecule has 0 amide bonds. The van der Waals surface area contributed by atoms with Gasteiger partial charge in [-0.1, -0.05) is 146 Å². The first-order valence-corrected chi connectivity index (χ1v) is 19.0. The molecule has 4 N–H and O–H groups in total. The fourth-order valence-electron chi connectivity index (χ4n) is 6.12. The summed E-state index contributed by atoms with van der Waals surface area (Å²) in [5.41, 5.74) is 15.1. The van der Waals surface area contributed by atoms with Gasteiger partial charge in [0.25, 0.3) is 8.32 Å². The molecule has 0 aromatic heterocycles. The van der Waals surface area contributed by atoms with Gasteiger partial charge in [0.15, 0.2) is 8.07 Å². The minimum Gasteiger partial charge on any atom is -0.410 e. The normalized spacial score (nSPS) is 11.7. The van der Waals surface area contributed by atoms with Gasteiger partial charge in [-0.2, -0.15) is 0 Å². The highest BCUT2D eigenvalue weighted by Crippen LogP contribution is 2.20. The Hall–Kier alpha value is -4.69. The average Bonchev–Trinajstić information content (AvgIpc) is 3.08. The first kappa shape index (κ1) is 28.4. The van der Waals surface area contributed by atoms with E-state index >= 15 is 0 Å². The predicted octanol–water partition coefficient (Wildman–Crippen LogP) is 4.42. The number of anilines is 2. The molecule has 6 rings (SSSR count). The monoisotopic (exact) mass is 592 g/mol. The van der Waals surface area contributed by atoms with Crippen LogP contribution in [-0.2, 0) is 10.5 Å². The van der Waals surface area contributed by atoms with Crippen molar-refractivity contribution in [2.75, 3.05) is 17.7 Å². The van der Waals surface area contributed by atoms with Gasteiger partial charge in [-0.3, -0.25) is 0 Å². The SMILES string of the molecule is Nc1ccc(C[Si](OC[Si](c2ccccc2)(c2ccccc2)c2ccc(N)cc2)(c2ccccc2)c2ccccc2)cc1. The van der Waals surface area contributed by atoms with E-state index in [4.69, 9.17) is 15.9 Å². The maximum Gasteiger partial charge on any atom is 0.259 e. The second-order valence-corrected chi connectivity index (χ2v) is 18.3. The molecule has 0 aliphatic heterocycles. The largest absolute Gasteiger partial charge is 0.410 e. The lowest BCUT2D eigenvalue weighted by molar-refractivity contribution is 0.380.